The molecular weight excluding hydrogens is 944 g/mol. The first-order valence-corrected chi connectivity index (χ1v) is 27.0. The minimum Gasteiger partial charge on any atom is -0.307 e. The molecule has 0 spiro atoms. The number of hydrogen-bond donors (Lipinski definition) is 0. The standard InChI is InChI=1S/C64H35FN2S4/c65-48-35-54(67(52-23-11-19-43-39-15-3-7-27-57(39)70-63(43)52)53-24-12-20-44-40-16-4-8-28-58(40)71-64(44)53)47-31-29-36-30-34-49(46-33-32-45(48)60(47)59(36)46)66(50-21-9-17-41-37-13-1-5-25-55(37)68-61(41)50)51-22-10-18-42-38-14-2-6-26-56(38)69-62(42)51/h1-35H. The van der Waals surface area contributed by atoms with E-state index in [2.05, 4.69) is 210 Å². The average Bonchev–Trinajstić information content (AvgIpc) is 4.20. The van der Waals surface area contributed by atoms with E-state index in [0.717, 1.165) is 61.1 Å². The van der Waals surface area contributed by atoms with Crippen molar-refractivity contribution in [2.45, 2.75) is 0 Å². The number of fused-ring (bicyclic) bond motifs is 12. The van der Waals surface area contributed by atoms with Crippen molar-refractivity contribution in [3.05, 3.63) is 218 Å². The van der Waals surface area contributed by atoms with E-state index in [-0.39, 0.29) is 5.82 Å². The van der Waals surface area contributed by atoms with Crippen molar-refractivity contribution in [3.63, 3.8) is 0 Å². The van der Waals surface area contributed by atoms with E-state index >= 15 is 4.39 Å². The zero-order chi connectivity index (χ0) is 46.5. The zero-order valence-corrected chi connectivity index (χ0v) is 40.9. The molecule has 332 valence electrons. The Morgan fingerprint density at radius 2 is 0.592 bits per heavy atom. The summed E-state index contributed by atoms with van der Waals surface area (Å²) in [5.41, 5.74) is 6.16. The molecule has 12 aromatic carbocycles. The third-order valence-electron chi connectivity index (χ3n) is 14.7. The topological polar surface area (TPSA) is 6.48 Å². The van der Waals surface area contributed by atoms with Crippen LogP contribution in [0.4, 0.5) is 38.5 Å². The lowest BCUT2D eigenvalue weighted by atomic mass is 9.91. The highest BCUT2D eigenvalue weighted by atomic mass is 32.1. The number of nitrogens with zero attached hydrogens (tertiary/aromatic N) is 2. The van der Waals surface area contributed by atoms with Gasteiger partial charge < -0.3 is 9.80 Å². The largest absolute Gasteiger partial charge is 0.307 e. The molecule has 0 N–H and O–H groups in total. The van der Waals surface area contributed by atoms with Crippen LogP contribution >= 0.6 is 45.3 Å². The minimum absolute atomic E-state index is 0.244. The van der Waals surface area contributed by atoms with Crippen molar-refractivity contribution < 1.29 is 4.39 Å². The predicted octanol–water partition coefficient (Wildman–Crippen LogP) is 21.1. The van der Waals surface area contributed by atoms with Gasteiger partial charge in [-0.2, -0.15) is 0 Å². The number of hydrogen-bond acceptors (Lipinski definition) is 6. The van der Waals surface area contributed by atoms with Crippen LogP contribution in [0.1, 0.15) is 0 Å². The van der Waals surface area contributed by atoms with Crippen LogP contribution in [0, 0.1) is 5.82 Å². The van der Waals surface area contributed by atoms with Crippen LogP contribution in [0.15, 0.2) is 212 Å². The second-order valence-corrected chi connectivity index (χ2v) is 22.6. The Kier molecular flexibility index (Phi) is 8.45. The van der Waals surface area contributed by atoms with Crippen molar-refractivity contribution in [2.24, 2.45) is 0 Å². The van der Waals surface area contributed by atoms with Crippen molar-refractivity contribution in [2.75, 3.05) is 9.80 Å². The van der Waals surface area contributed by atoms with Crippen LogP contribution in [-0.2, 0) is 0 Å². The first-order valence-electron chi connectivity index (χ1n) is 23.8. The Morgan fingerprint density at radius 1 is 0.254 bits per heavy atom. The van der Waals surface area contributed by atoms with Crippen LogP contribution in [0.2, 0.25) is 0 Å². The average molecular weight is 979 g/mol. The maximum atomic E-state index is 17.8. The zero-order valence-electron chi connectivity index (χ0n) is 37.6. The molecule has 16 aromatic rings. The predicted molar refractivity (Wildman–Crippen MR) is 311 cm³/mol. The maximum absolute atomic E-state index is 17.8. The smallest absolute Gasteiger partial charge is 0.133 e. The van der Waals surface area contributed by atoms with Crippen molar-refractivity contribution in [1.82, 2.24) is 0 Å². The summed E-state index contributed by atoms with van der Waals surface area (Å²) >= 11 is 7.30. The molecule has 0 fully saturated rings. The fourth-order valence-electron chi connectivity index (χ4n) is 11.6. The normalized spacial score (nSPS) is 12.3. The minimum atomic E-state index is -0.244. The highest BCUT2D eigenvalue weighted by Gasteiger charge is 2.28. The van der Waals surface area contributed by atoms with E-state index in [1.807, 2.05) is 28.7 Å². The summed E-state index contributed by atoms with van der Waals surface area (Å²) in [5, 5.41) is 15.6. The van der Waals surface area contributed by atoms with E-state index in [4.69, 9.17) is 0 Å². The van der Waals surface area contributed by atoms with E-state index in [9.17, 15) is 0 Å². The molecule has 2 nitrogen and oxygen atoms in total. The van der Waals surface area contributed by atoms with Crippen LogP contribution in [-0.4, -0.2) is 0 Å². The number of rotatable bonds is 6. The third kappa shape index (κ3) is 5.66. The van der Waals surface area contributed by atoms with E-state index in [1.54, 1.807) is 28.7 Å². The Balaban J connectivity index is 1.01. The number of halogens is 1. The van der Waals surface area contributed by atoms with Crippen LogP contribution < -0.4 is 9.80 Å². The molecule has 0 bridgehead atoms. The molecule has 0 amide bonds. The van der Waals surface area contributed by atoms with Gasteiger partial charge in [0, 0.05) is 83.4 Å². The van der Waals surface area contributed by atoms with Crippen LogP contribution in [0.25, 0.3) is 113 Å². The van der Waals surface area contributed by atoms with Gasteiger partial charge in [-0.15, -0.1) is 45.3 Å². The quantitative estimate of drug-likeness (QED) is 0.153. The van der Waals surface area contributed by atoms with Gasteiger partial charge in [-0.05, 0) is 71.4 Å². The summed E-state index contributed by atoms with van der Waals surface area (Å²) in [6, 6.07) is 76.5. The van der Waals surface area contributed by atoms with E-state index < -0.39 is 0 Å². The molecule has 0 saturated heterocycles. The lowest BCUT2D eigenvalue weighted by Crippen LogP contribution is -2.12. The molecule has 0 aliphatic rings. The second-order valence-electron chi connectivity index (χ2n) is 18.4. The molecule has 0 atom stereocenters. The van der Waals surface area contributed by atoms with Gasteiger partial charge in [-0.1, -0.05) is 152 Å². The van der Waals surface area contributed by atoms with Crippen molar-refractivity contribution in [3.8, 4) is 0 Å². The van der Waals surface area contributed by atoms with Gasteiger partial charge in [0.25, 0.3) is 0 Å². The van der Waals surface area contributed by atoms with Crippen molar-refractivity contribution in [1.29, 1.82) is 0 Å². The van der Waals surface area contributed by atoms with Gasteiger partial charge >= 0.3 is 0 Å². The molecule has 4 aromatic heterocycles. The summed E-state index contributed by atoms with van der Waals surface area (Å²) in [5.74, 6) is -0.244. The lowest BCUT2D eigenvalue weighted by Gasteiger charge is -2.30. The van der Waals surface area contributed by atoms with Gasteiger partial charge in [0.15, 0.2) is 0 Å². The van der Waals surface area contributed by atoms with E-state index in [0.29, 0.717) is 5.39 Å². The number of benzene rings is 12. The molecule has 16 rings (SSSR count). The van der Waals surface area contributed by atoms with Gasteiger partial charge in [0.05, 0.1) is 52.9 Å². The summed E-state index contributed by atoms with van der Waals surface area (Å²) in [7, 11) is 0. The SMILES string of the molecule is Fc1cc(N(c2cccc3c2sc2ccccc23)c2cccc3c2sc2ccccc23)c2ccc3ccc(N(c4cccc5c4sc4ccccc45)c4cccc5c4sc4ccccc45)c4ccc1c2c34. The highest BCUT2D eigenvalue weighted by molar-refractivity contribution is 7.28. The Labute approximate surface area is 421 Å². The molecule has 0 radical (unpaired) electrons. The second kappa shape index (κ2) is 15.0. The third-order valence-corrected chi connectivity index (χ3v) is 19.5. The maximum Gasteiger partial charge on any atom is 0.133 e. The van der Waals surface area contributed by atoms with Crippen LogP contribution in [0.3, 0.4) is 0 Å². The Hall–Kier alpha value is -7.91. The molecule has 7 heteroatoms. The fraction of sp³-hybridized carbons (Fsp3) is 0. The van der Waals surface area contributed by atoms with Crippen LogP contribution in [0.5, 0.6) is 0 Å². The number of anilines is 6. The molecule has 0 aliphatic heterocycles. The first kappa shape index (κ1) is 39.9. The molecule has 71 heavy (non-hydrogen) atoms. The molecule has 4 heterocycles. The van der Waals surface area contributed by atoms with Gasteiger partial charge in [-0.25, -0.2) is 4.39 Å². The molecule has 0 aliphatic carbocycles. The molecule has 0 unspecified atom stereocenters. The molecular formula is C64H35FN2S4. The Bertz CT molecular complexity index is 4650. The van der Waals surface area contributed by atoms with Crippen molar-refractivity contribution >= 4 is 192 Å². The molecule has 0 saturated carbocycles. The monoisotopic (exact) mass is 978 g/mol. The summed E-state index contributed by atoms with van der Waals surface area (Å²) in [6.07, 6.45) is 0. The Morgan fingerprint density at radius 3 is 1.03 bits per heavy atom. The fourth-order valence-corrected chi connectivity index (χ4v) is 16.4. The number of thiophene rings is 4. The lowest BCUT2D eigenvalue weighted by molar-refractivity contribution is 0.640. The summed E-state index contributed by atoms with van der Waals surface area (Å²) in [6.45, 7) is 0. The van der Waals surface area contributed by atoms with Gasteiger partial charge in [0.2, 0.25) is 0 Å². The highest BCUT2D eigenvalue weighted by Crippen LogP contribution is 2.55. The van der Waals surface area contributed by atoms with Gasteiger partial charge in [-0.3, -0.25) is 0 Å². The van der Waals surface area contributed by atoms with Gasteiger partial charge in [0.1, 0.15) is 5.82 Å². The summed E-state index contributed by atoms with van der Waals surface area (Å²) in [4.78, 5) is 4.86. The van der Waals surface area contributed by atoms with E-state index in [1.165, 1.54) is 80.7 Å². The first-order chi connectivity index (χ1) is 35.1. The summed E-state index contributed by atoms with van der Waals surface area (Å²) < 4.78 is 27.5.